The number of nitrogens with one attached hydrogen (secondary N) is 1. The van der Waals surface area contributed by atoms with Gasteiger partial charge in [0.15, 0.2) is 11.5 Å². The van der Waals surface area contributed by atoms with Crippen LogP contribution in [-0.2, 0) is 4.79 Å². The van der Waals surface area contributed by atoms with Crippen LogP contribution in [0.25, 0.3) is 6.08 Å². The van der Waals surface area contributed by atoms with Gasteiger partial charge in [-0.15, -0.1) is 0 Å². The molecule has 0 aromatic heterocycles. The van der Waals surface area contributed by atoms with E-state index in [-0.39, 0.29) is 5.57 Å². The summed E-state index contributed by atoms with van der Waals surface area (Å²) in [6.45, 7) is 2.70. The molecule has 0 aliphatic heterocycles. The predicted molar refractivity (Wildman–Crippen MR) is 109 cm³/mol. The van der Waals surface area contributed by atoms with Crippen LogP contribution in [0.1, 0.15) is 25.3 Å². The number of hydrogen-bond donors (Lipinski definition) is 1. The predicted octanol–water partition coefficient (Wildman–Crippen LogP) is 4.43. The number of rotatable bonds is 9. The molecule has 1 N–H and O–H groups in total. The van der Waals surface area contributed by atoms with E-state index in [2.05, 4.69) is 12.2 Å². The van der Waals surface area contributed by atoms with E-state index < -0.39 is 5.91 Å². The Morgan fingerprint density at radius 2 is 1.86 bits per heavy atom. The molecule has 0 saturated heterocycles. The molecule has 0 aliphatic rings. The van der Waals surface area contributed by atoms with E-state index >= 15 is 0 Å². The molecule has 2 rings (SSSR count). The standard InChI is InChI=1S/C22H24N2O4/c1-4-5-12-28-20-11-10-16(14-21(20)27-3)13-17(15-23)22(25)24-18-8-6-7-9-19(18)26-2/h6-11,13-14H,4-5,12H2,1-3H3,(H,24,25)/b17-13-. The van der Waals surface area contributed by atoms with E-state index in [1.165, 1.54) is 13.2 Å². The Morgan fingerprint density at radius 3 is 2.54 bits per heavy atom. The maximum atomic E-state index is 12.5. The molecule has 0 heterocycles. The van der Waals surface area contributed by atoms with Crippen molar-refractivity contribution in [3.63, 3.8) is 0 Å². The number of anilines is 1. The molecule has 0 radical (unpaired) electrons. The van der Waals surface area contributed by atoms with Gasteiger partial charge < -0.3 is 19.5 Å². The molecular formula is C22H24N2O4. The molecule has 0 saturated carbocycles. The van der Waals surface area contributed by atoms with Gasteiger partial charge in [0.05, 0.1) is 26.5 Å². The zero-order valence-corrected chi connectivity index (χ0v) is 16.3. The van der Waals surface area contributed by atoms with Crippen LogP contribution in [0.2, 0.25) is 0 Å². The Hall–Kier alpha value is -3.46. The first-order valence-electron chi connectivity index (χ1n) is 9.00. The molecule has 6 nitrogen and oxygen atoms in total. The van der Waals surface area contributed by atoms with Gasteiger partial charge in [-0.1, -0.05) is 31.5 Å². The van der Waals surface area contributed by atoms with Crippen molar-refractivity contribution < 1.29 is 19.0 Å². The average molecular weight is 380 g/mol. The van der Waals surface area contributed by atoms with Gasteiger partial charge in [0.25, 0.3) is 5.91 Å². The first-order chi connectivity index (χ1) is 13.6. The zero-order chi connectivity index (χ0) is 20.4. The van der Waals surface area contributed by atoms with Crippen molar-refractivity contribution in [3.05, 3.63) is 53.6 Å². The normalized spacial score (nSPS) is 10.7. The van der Waals surface area contributed by atoms with Crippen LogP contribution in [0, 0.1) is 11.3 Å². The van der Waals surface area contributed by atoms with Gasteiger partial charge in [0, 0.05) is 0 Å². The molecule has 2 aromatic rings. The highest BCUT2D eigenvalue weighted by Crippen LogP contribution is 2.29. The Morgan fingerprint density at radius 1 is 1.11 bits per heavy atom. The lowest BCUT2D eigenvalue weighted by Gasteiger charge is -2.11. The van der Waals surface area contributed by atoms with Gasteiger partial charge in [-0.2, -0.15) is 5.26 Å². The van der Waals surface area contributed by atoms with Crippen molar-refractivity contribution in [2.45, 2.75) is 19.8 Å². The van der Waals surface area contributed by atoms with Crippen molar-refractivity contribution in [1.82, 2.24) is 0 Å². The molecule has 0 bridgehead atoms. The third kappa shape index (κ3) is 5.52. The van der Waals surface area contributed by atoms with E-state index in [4.69, 9.17) is 14.2 Å². The fraction of sp³-hybridized carbons (Fsp3) is 0.273. The SMILES string of the molecule is CCCCOc1ccc(/C=C(/C#N)C(=O)Nc2ccccc2OC)cc1OC. The van der Waals surface area contributed by atoms with Gasteiger partial charge in [-0.25, -0.2) is 0 Å². The maximum Gasteiger partial charge on any atom is 0.266 e. The molecule has 0 atom stereocenters. The van der Waals surface area contributed by atoms with Gasteiger partial charge >= 0.3 is 0 Å². The fourth-order valence-electron chi connectivity index (χ4n) is 2.47. The second-order valence-corrected chi connectivity index (χ2v) is 5.94. The molecule has 0 fully saturated rings. The molecule has 28 heavy (non-hydrogen) atoms. The third-order valence-electron chi connectivity index (χ3n) is 3.97. The van der Waals surface area contributed by atoms with Crippen molar-refractivity contribution in [3.8, 4) is 23.3 Å². The van der Waals surface area contributed by atoms with Crippen molar-refractivity contribution in [1.29, 1.82) is 5.26 Å². The average Bonchev–Trinajstić information content (AvgIpc) is 2.73. The van der Waals surface area contributed by atoms with Gasteiger partial charge in [-0.3, -0.25) is 4.79 Å². The number of methoxy groups -OCH3 is 2. The lowest BCUT2D eigenvalue weighted by atomic mass is 10.1. The summed E-state index contributed by atoms with van der Waals surface area (Å²) in [6.07, 6.45) is 3.49. The summed E-state index contributed by atoms with van der Waals surface area (Å²) in [7, 11) is 3.07. The van der Waals surface area contributed by atoms with Gasteiger partial charge in [0.2, 0.25) is 0 Å². The van der Waals surface area contributed by atoms with Crippen molar-refractivity contribution in [2.75, 3.05) is 26.1 Å². The number of carbonyl (C=O) groups is 1. The first kappa shape index (κ1) is 20.8. The monoisotopic (exact) mass is 380 g/mol. The van der Waals surface area contributed by atoms with E-state index in [0.717, 1.165) is 12.8 Å². The second-order valence-electron chi connectivity index (χ2n) is 5.94. The number of nitriles is 1. The molecule has 2 aromatic carbocycles. The zero-order valence-electron chi connectivity index (χ0n) is 16.3. The van der Waals surface area contributed by atoms with Crippen LogP contribution >= 0.6 is 0 Å². The number of ether oxygens (including phenoxy) is 3. The number of para-hydroxylation sites is 2. The van der Waals surface area contributed by atoms with Gasteiger partial charge in [-0.05, 0) is 42.3 Å². The minimum Gasteiger partial charge on any atom is -0.495 e. The quantitative estimate of drug-likeness (QED) is 0.395. The number of nitrogens with zero attached hydrogens (tertiary/aromatic N) is 1. The molecule has 0 spiro atoms. The van der Waals surface area contributed by atoms with Crippen LogP contribution in [0.15, 0.2) is 48.0 Å². The Labute approximate surface area is 165 Å². The lowest BCUT2D eigenvalue weighted by Crippen LogP contribution is -2.14. The van der Waals surface area contributed by atoms with Crippen LogP contribution in [-0.4, -0.2) is 26.7 Å². The van der Waals surface area contributed by atoms with E-state index in [0.29, 0.717) is 35.1 Å². The topological polar surface area (TPSA) is 80.6 Å². The Bertz CT molecular complexity index is 884. The van der Waals surface area contributed by atoms with Crippen molar-refractivity contribution in [2.24, 2.45) is 0 Å². The number of benzene rings is 2. The van der Waals surface area contributed by atoms with Crippen molar-refractivity contribution >= 4 is 17.7 Å². The maximum absolute atomic E-state index is 12.5. The summed E-state index contributed by atoms with van der Waals surface area (Å²) >= 11 is 0. The van der Waals surface area contributed by atoms with Gasteiger partial charge in [0.1, 0.15) is 17.4 Å². The van der Waals surface area contributed by atoms with Crippen LogP contribution in [0.3, 0.4) is 0 Å². The second kappa shape index (κ2) is 10.6. The molecular weight excluding hydrogens is 356 g/mol. The molecule has 1 amide bonds. The minimum atomic E-state index is -0.519. The molecule has 0 unspecified atom stereocenters. The van der Waals surface area contributed by atoms with E-state index in [9.17, 15) is 10.1 Å². The Kier molecular flexibility index (Phi) is 7.92. The largest absolute Gasteiger partial charge is 0.495 e. The molecule has 146 valence electrons. The van der Waals surface area contributed by atoms with Crippen LogP contribution in [0.4, 0.5) is 5.69 Å². The highest BCUT2D eigenvalue weighted by atomic mass is 16.5. The number of amides is 1. The lowest BCUT2D eigenvalue weighted by molar-refractivity contribution is -0.112. The summed E-state index contributed by atoms with van der Waals surface area (Å²) in [5.74, 6) is 1.18. The van der Waals surface area contributed by atoms with E-state index in [1.54, 1.807) is 49.6 Å². The first-order valence-corrected chi connectivity index (χ1v) is 9.00. The smallest absolute Gasteiger partial charge is 0.266 e. The third-order valence-corrected chi connectivity index (χ3v) is 3.97. The molecule has 0 aliphatic carbocycles. The van der Waals surface area contributed by atoms with Crippen LogP contribution < -0.4 is 19.5 Å². The summed E-state index contributed by atoms with van der Waals surface area (Å²) in [5, 5.41) is 12.1. The minimum absolute atomic E-state index is 0.0346. The summed E-state index contributed by atoms with van der Waals surface area (Å²) < 4.78 is 16.3. The molecule has 6 heteroatoms. The highest BCUT2D eigenvalue weighted by Gasteiger charge is 2.13. The highest BCUT2D eigenvalue weighted by molar-refractivity contribution is 6.10. The number of carbonyl (C=O) groups excluding carboxylic acids is 1. The Balaban J connectivity index is 2.21. The summed E-state index contributed by atoms with van der Waals surface area (Å²) in [4.78, 5) is 12.5. The number of unbranched alkanes of at least 4 members (excludes halogenated alkanes) is 1. The van der Waals surface area contributed by atoms with E-state index in [1.807, 2.05) is 6.07 Å². The number of hydrogen-bond acceptors (Lipinski definition) is 5. The summed E-state index contributed by atoms with van der Waals surface area (Å²) in [6, 6.07) is 14.2. The summed E-state index contributed by atoms with van der Waals surface area (Å²) in [5.41, 5.74) is 1.12. The van der Waals surface area contributed by atoms with Crippen LogP contribution in [0.5, 0.6) is 17.2 Å². The fourth-order valence-corrected chi connectivity index (χ4v) is 2.47.